The van der Waals surface area contributed by atoms with Crippen molar-refractivity contribution in [1.29, 1.82) is 0 Å². The fourth-order valence-corrected chi connectivity index (χ4v) is 7.20. The fourth-order valence-electron chi connectivity index (χ4n) is 4.28. The molecule has 0 spiro atoms. The number of esters is 1. The number of benzene rings is 2. The number of amidine groups is 1. The zero-order valence-corrected chi connectivity index (χ0v) is 21.1. The highest BCUT2D eigenvalue weighted by atomic mass is 32.2. The number of hydrogen-bond donors (Lipinski definition) is 0. The average Bonchev–Trinajstić information content (AvgIpc) is 3.20. The Morgan fingerprint density at radius 1 is 1.12 bits per heavy atom. The van der Waals surface area contributed by atoms with Crippen LogP contribution in [0.2, 0.25) is 0 Å². The van der Waals surface area contributed by atoms with Crippen molar-refractivity contribution in [2.24, 2.45) is 4.99 Å². The predicted molar refractivity (Wildman–Crippen MR) is 134 cm³/mol. The summed E-state index contributed by atoms with van der Waals surface area (Å²) < 4.78 is 37.5. The van der Waals surface area contributed by atoms with E-state index in [1.54, 1.807) is 44.2 Å². The van der Waals surface area contributed by atoms with Gasteiger partial charge in [-0.2, -0.15) is 0 Å². The molecule has 0 amide bonds. The molecule has 7 nitrogen and oxygen atoms in total. The fraction of sp³-hybridized carbons (Fsp3) is 0.360. The maximum absolute atomic E-state index is 13.2. The van der Waals surface area contributed by atoms with Gasteiger partial charge in [0.15, 0.2) is 15.0 Å². The van der Waals surface area contributed by atoms with Gasteiger partial charge in [0.05, 0.1) is 47.2 Å². The van der Waals surface area contributed by atoms with Crippen LogP contribution >= 0.6 is 11.8 Å². The molecule has 0 N–H and O–H groups in total. The first-order valence-corrected chi connectivity index (χ1v) is 13.9. The summed E-state index contributed by atoms with van der Waals surface area (Å²) in [5.74, 6) is 0.705. The highest BCUT2D eigenvalue weighted by Crippen LogP contribution is 2.44. The van der Waals surface area contributed by atoms with E-state index in [0.717, 1.165) is 5.56 Å². The Morgan fingerprint density at radius 3 is 2.59 bits per heavy atom. The molecule has 1 saturated heterocycles. The second-order valence-corrected chi connectivity index (χ2v) is 11.0. The van der Waals surface area contributed by atoms with Crippen LogP contribution in [0.5, 0.6) is 5.75 Å². The molecule has 2 unspecified atom stereocenters. The molecule has 0 aliphatic carbocycles. The lowest BCUT2D eigenvalue weighted by atomic mass is 9.93. The maximum atomic E-state index is 13.2. The zero-order valence-electron chi connectivity index (χ0n) is 19.4. The van der Waals surface area contributed by atoms with Gasteiger partial charge in [-0.1, -0.05) is 42.1 Å². The van der Waals surface area contributed by atoms with Crippen molar-refractivity contribution in [3.05, 3.63) is 71.4 Å². The van der Waals surface area contributed by atoms with Gasteiger partial charge in [0, 0.05) is 5.75 Å². The molecule has 4 rings (SSSR count). The van der Waals surface area contributed by atoms with E-state index in [2.05, 4.69) is 4.99 Å². The molecule has 0 radical (unpaired) electrons. The smallest absolute Gasteiger partial charge is 0.338 e. The molecule has 2 aliphatic heterocycles. The van der Waals surface area contributed by atoms with Gasteiger partial charge in [0.25, 0.3) is 0 Å². The van der Waals surface area contributed by atoms with Crippen molar-refractivity contribution in [1.82, 2.24) is 4.90 Å². The molecule has 180 valence electrons. The minimum absolute atomic E-state index is 0.0835. The second-order valence-electron chi connectivity index (χ2n) is 7.99. The Morgan fingerprint density at radius 2 is 1.88 bits per heavy atom. The van der Waals surface area contributed by atoms with Crippen molar-refractivity contribution >= 4 is 32.7 Å². The third kappa shape index (κ3) is 4.86. The van der Waals surface area contributed by atoms with Crippen LogP contribution in [0, 0.1) is 0 Å². The van der Waals surface area contributed by atoms with E-state index in [4.69, 9.17) is 9.47 Å². The van der Waals surface area contributed by atoms with Crippen molar-refractivity contribution in [2.45, 2.75) is 37.8 Å². The van der Waals surface area contributed by atoms with Crippen LogP contribution in [-0.4, -0.2) is 55.2 Å². The van der Waals surface area contributed by atoms with Crippen LogP contribution < -0.4 is 4.74 Å². The number of fused-ring (bicyclic) bond motifs is 1. The van der Waals surface area contributed by atoms with Gasteiger partial charge in [0.1, 0.15) is 5.75 Å². The molecule has 0 aromatic heterocycles. The molecule has 0 bridgehead atoms. The second kappa shape index (κ2) is 10.2. The Hall–Kier alpha value is -2.78. The normalized spacial score (nSPS) is 20.1. The van der Waals surface area contributed by atoms with E-state index < -0.39 is 21.8 Å². The summed E-state index contributed by atoms with van der Waals surface area (Å²) in [4.78, 5) is 20.0. The molecule has 0 saturated carbocycles. The van der Waals surface area contributed by atoms with E-state index in [1.165, 1.54) is 11.8 Å². The summed E-state index contributed by atoms with van der Waals surface area (Å²) >= 11 is 1.51. The quantitative estimate of drug-likeness (QED) is 0.502. The molecule has 2 heterocycles. The van der Waals surface area contributed by atoms with Gasteiger partial charge >= 0.3 is 5.97 Å². The largest absolute Gasteiger partial charge is 0.494 e. The predicted octanol–water partition coefficient (Wildman–Crippen LogP) is 4.22. The third-order valence-corrected chi connectivity index (χ3v) is 8.64. The first kappa shape index (κ1) is 24.3. The summed E-state index contributed by atoms with van der Waals surface area (Å²) in [6, 6.07) is 15.1. The topological polar surface area (TPSA) is 85.3 Å². The standard InChI is InChI=1S/C25H28N2O5S2/c1-4-31-20-11-9-10-18(14-20)23-22(24(28)32-5-2)17(3)26-25-27(23)19(15-33-25)16-34(29,30)21-12-7-6-8-13-21/h6-14,19,23H,4-5,15-16H2,1-3H3. The number of thioether (sulfide) groups is 1. The third-order valence-electron chi connectivity index (χ3n) is 5.72. The van der Waals surface area contributed by atoms with Crippen LogP contribution in [0.3, 0.4) is 0 Å². The average molecular weight is 501 g/mol. The number of rotatable bonds is 8. The van der Waals surface area contributed by atoms with Gasteiger partial charge < -0.3 is 14.4 Å². The van der Waals surface area contributed by atoms with Crippen molar-refractivity contribution in [3.8, 4) is 5.75 Å². The summed E-state index contributed by atoms with van der Waals surface area (Å²) in [6.07, 6.45) is 0. The number of allylic oxidation sites excluding steroid dienone is 1. The van der Waals surface area contributed by atoms with Crippen LogP contribution in [0.25, 0.3) is 0 Å². The van der Waals surface area contributed by atoms with Crippen LogP contribution in [0.4, 0.5) is 0 Å². The van der Waals surface area contributed by atoms with Gasteiger partial charge in [-0.15, -0.1) is 0 Å². The lowest BCUT2D eigenvalue weighted by molar-refractivity contribution is -0.139. The van der Waals surface area contributed by atoms with Crippen molar-refractivity contribution in [3.63, 3.8) is 0 Å². The molecule has 1 fully saturated rings. The van der Waals surface area contributed by atoms with E-state index >= 15 is 0 Å². The summed E-state index contributed by atoms with van der Waals surface area (Å²) in [5.41, 5.74) is 1.82. The van der Waals surface area contributed by atoms with Gasteiger partial charge in [-0.25, -0.2) is 18.2 Å². The molecule has 9 heteroatoms. The van der Waals surface area contributed by atoms with E-state index in [0.29, 0.717) is 34.5 Å². The minimum atomic E-state index is -3.55. The lowest BCUT2D eigenvalue weighted by Crippen LogP contribution is -2.45. The van der Waals surface area contributed by atoms with E-state index in [-0.39, 0.29) is 23.3 Å². The number of sulfone groups is 1. The number of carbonyl (C=O) groups is 1. The summed E-state index contributed by atoms with van der Waals surface area (Å²) in [5, 5.41) is 0.714. The molecular formula is C25H28N2O5S2. The minimum Gasteiger partial charge on any atom is -0.494 e. The number of hydrogen-bond acceptors (Lipinski definition) is 8. The Labute approximate surface area is 204 Å². The van der Waals surface area contributed by atoms with Crippen LogP contribution in [0.15, 0.2) is 75.8 Å². The molecule has 2 aliphatic rings. The van der Waals surface area contributed by atoms with Gasteiger partial charge in [-0.3, -0.25) is 0 Å². The SMILES string of the molecule is CCOC(=O)C1=C(C)N=C2SCC(CS(=O)(=O)c3ccccc3)N2C1c1cccc(OCC)c1. The number of aliphatic imine (C=N–C) groups is 1. The van der Waals surface area contributed by atoms with Crippen molar-refractivity contribution in [2.75, 3.05) is 24.7 Å². The number of nitrogens with zero attached hydrogens (tertiary/aromatic N) is 2. The molecule has 2 aromatic rings. The van der Waals surface area contributed by atoms with Crippen molar-refractivity contribution < 1.29 is 22.7 Å². The monoisotopic (exact) mass is 500 g/mol. The van der Waals surface area contributed by atoms with Crippen LogP contribution in [-0.2, 0) is 19.4 Å². The Kier molecular flexibility index (Phi) is 7.33. The summed E-state index contributed by atoms with van der Waals surface area (Å²) in [6.45, 7) is 6.21. The van der Waals surface area contributed by atoms with E-state index in [1.807, 2.05) is 36.1 Å². The van der Waals surface area contributed by atoms with Gasteiger partial charge in [0.2, 0.25) is 0 Å². The molecule has 34 heavy (non-hydrogen) atoms. The first-order valence-electron chi connectivity index (χ1n) is 11.2. The number of carbonyl (C=O) groups excluding carboxylic acids is 1. The zero-order chi connectivity index (χ0) is 24.3. The van der Waals surface area contributed by atoms with E-state index in [9.17, 15) is 13.2 Å². The Balaban J connectivity index is 1.77. The highest BCUT2D eigenvalue weighted by molar-refractivity contribution is 8.14. The maximum Gasteiger partial charge on any atom is 0.338 e. The summed E-state index contributed by atoms with van der Waals surface area (Å²) in [7, 11) is -3.55. The lowest BCUT2D eigenvalue weighted by Gasteiger charge is -2.38. The van der Waals surface area contributed by atoms with Crippen LogP contribution in [0.1, 0.15) is 32.4 Å². The van der Waals surface area contributed by atoms with Gasteiger partial charge in [-0.05, 0) is 50.6 Å². The number of ether oxygens (including phenoxy) is 2. The molecular weight excluding hydrogens is 472 g/mol. The highest BCUT2D eigenvalue weighted by Gasteiger charge is 2.45. The Bertz CT molecular complexity index is 1220. The molecule has 2 aromatic carbocycles. The molecule has 2 atom stereocenters. The first-order chi connectivity index (χ1) is 16.4.